The molecule has 15 atom stereocenters. The highest BCUT2D eigenvalue weighted by Gasteiger charge is 2.57. The maximum absolute atomic E-state index is 12.2. The van der Waals surface area contributed by atoms with Gasteiger partial charge in [-0.3, -0.25) is 29.7 Å². The Morgan fingerprint density at radius 2 is 0.695 bits per heavy atom. The lowest BCUT2D eigenvalue weighted by atomic mass is 10.1. The van der Waals surface area contributed by atoms with E-state index < -0.39 is 128 Å². The number of hydrogen-bond acceptors (Lipinski definition) is 27. The molecule has 12 unspecified atom stereocenters. The molecule has 664 valence electrons. The molecule has 128 heavy (non-hydrogen) atoms. The quantitative estimate of drug-likeness (QED) is 0.0220. The van der Waals surface area contributed by atoms with E-state index in [0.29, 0.717) is 84.9 Å². The van der Waals surface area contributed by atoms with E-state index in [1.807, 2.05) is 124 Å². The summed E-state index contributed by atoms with van der Waals surface area (Å²) in [5.74, 6) is -2.55. The molecule has 0 bridgehead atoms. The number of aromatic carboxylic acids is 3. The number of nitrogens with one attached hydrogen (secondary N) is 6. The number of nitrogens with zero attached hydrogens (tertiary/aromatic N) is 12. The lowest BCUT2D eigenvalue weighted by Gasteiger charge is -2.21. The predicted octanol–water partition coefficient (Wildman–Crippen LogP) is 12.1. The van der Waals surface area contributed by atoms with Crippen LogP contribution in [-0.4, -0.2) is 211 Å². The Hall–Kier alpha value is -12.7. The number of anilines is 3. The molecule has 6 aromatic carbocycles. The molecule has 6 saturated heterocycles. The number of amides is 6. The zero-order valence-electron chi connectivity index (χ0n) is 68.2. The summed E-state index contributed by atoms with van der Waals surface area (Å²) in [6, 6.07) is 41.6. The van der Waals surface area contributed by atoms with Gasteiger partial charge in [-0.15, -0.1) is 0 Å². The molecule has 0 aliphatic carbocycles. The van der Waals surface area contributed by atoms with E-state index >= 15 is 0 Å². The fourth-order valence-corrected chi connectivity index (χ4v) is 16.0. The van der Waals surface area contributed by atoms with Crippen LogP contribution < -0.4 is 31.9 Å². The second-order valence-corrected chi connectivity index (χ2v) is 30.5. The molecule has 39 nitrogen and oxygen atoms in total. The fraction of sp³-hybridized carbons (Fsp3) is 0.314. The Labute approximate surface area is 742 Å². The molecule has 42 heteroatoms. The highest BCUT2D eigenvalue weighted by atomic mass is 35.5. The van der Waals surface area contributed by atoms with Crippen molar-refractivity contribution < 1.29 is 101 Å². The topological polar surface area (TPSA) is 477 Å². The standard InChI is InChI=1S/C30H29ClN6O7.2C28H27ClN6O7/c1-2-32-30(40)36-26-23-27(34-15-33-26)37(16-35-23)28-25-24(43-22(44-25)12-11-17-7-4-3-5-8-17)21(42-28)14-41-13-19-18(29(38)39)9-6-10-20(19)31;2*1-2-30-28(38)34-23-20-24(32-13-31-23)35(14-33-20)25-22-21(41-27(42-22)15-7-4-3-5-8-15)19(40-25)12-39-11-17-16(26(36)37)9-6-10-18(17)29/h3-12,15-16,21-22,24-25,28H,2,13-14H2,1H3,(H,38,39)(H2,32,33,34,36,40);2*3-10,13-14,19,21-22,25,27H,2,11-12H2,1H3,(H,36,37)(H2,30,31,32,34,38)/b12-11+;;/t21?,22-,24?,25?,28?;2*19?,21?,22?,25?,27-/m000/s1. The van der Waals surface area contributed by atoms with Gasteiger partial charge in [0.15, 0.2) is 88.5 Å². The van der Waals surface area contributed by atoms with Crippen LogP contribution >= 0.6 is 34.8 Å². The molecule has 12 heterocycles. The lowest BCUT2D eigenvalue weighted by molar-refractivity contribution is -0.158. The van der Waals surface area contributed by atoms with Gasteiger partial charge in [0.05, 0.1) is 75.3 Å². The second-order valence-electron chi connectivity index (χ2n) is 29.3. The van der Waals surface area contributed by atoms with Gasteiger partial charge in [0, 0.05) is 62.5 Å². The molecule has 0 spiro atoms. The third kappa shape index (κ3) is 19.6. The molecule has 12 aromatic rings. The fourth-order valence-electron chi connectivity index (χ4n) is 15.4. The van der Waals surface area contributed by atoms with Gasteiger partial charge in [-0.05, 0) is 68.8 Å². The van der Waals surface area contributed by atoms with E-state index in [-0.39, 0.29) is 73.8 Å². The zero-order valence-corrected chi connectivity index (χ0v) is 70.5. The van der Waals surface area contributed by atoms with Crippen molar-refractivity contribution in [1.29, 1.82) is 0 Å². The van der Waals surface area contributed by atoms with Crippen LogP contribution in [0.15, 0.2) is 190 Å². The molecular weight excluding hydrogens is 1730 g/mol. The summed E-state index contributed by atoms with van der Waals surface area (Å²) in [5.41, 5.74) is 6.38. The first-order valence-electron chi connectivity index (χ1n) is 40.5. The molecule has 0 saturated carbocycles. The average Bonchev–Trinajstić information content (AvgIpc) is 1.60. The van der Waals surface area contributed by atoms with Crippen molar-refractivity contribution in [3.05, 3.63) is 255 Å². The molecular formula is C86H83Cl3N18O21. The average molecular weight is 1810 g/mol. The van der Waals surface area contributed by atoms with Crippen molar-refractivity contribution >= 4 is 128 Å². The van der Waals surface area contributed by atoms with Crippen molar-refractivity contribution in [3.8, 4) is 0 Å². The van der Waals surface area contributed by atoms with Gasteiger partial charge in [-0.2, -0.15) is 0 Å². The minimum atomic E-state index is -1.10. The maximum Gasteiger partial charge on any atom is 0.336 e. The molecule has 18 rings (SSSR count). The number of ether oxygens (including phenoxy) is 12. The van der Waals surface area contributed by atoms with Crippen molar-refractivity contribution in [2.24, 2.45) is 0 Å². The van der Waals surface area contributed by atoms with E-state index in [9.17, 15) is 44.1 Å². The minimum absolute atomic E-state index is 0.0394. The summed E-state index contributed by atoms with van der Waals surface area (Å²) in [4.78, 5) is 111. The van der Waals surface area contributed by atoms with Crippen LogP contribution in [0.1, 0.15) is 116 Å². The molecule has 6 fully saturated rings. The number of aromatic nitrogens is 12. The minimum Gasteiger partial charge on any atom is -0.478 e. The number of benzene rings is 6. The molecule has 6 aliphatic heterocycles. The van der Waals surface area contributed by atoms with Gasteiger partial charge in [0.1, 0.15) is 73.9 Å². The van der Waals surface area contributed by atoms with Crippen LogP contribution in [0.4, 0.5) is 31.8 Å². The van der Waals surface area contributed by atoms with E-state index in [1.165, 1.54) is 37.2 Å². The summed E-state index contributed by atoms with van der Waals surface area (Å²) in [6.45, 7) is 6.85. The van der Waals surface area contributed by atoms with Crippen LogP contribution in [0.5, 0.6) is 0 Å². The number of urea groups is 3. The number of rotatable bonds is 28. The SMILES string of the molecule is CCNC(=O)Nc1ncnc2c1ncn2C1OC(COCc2c(Cl)cccc2C(=O)O)C2O[C@H](/C=C/c3ccccc3)OC21.CCNC(=O)Nc1ncnc2c1ncn2C1OC(COCc2c(Cl)cccc2C(=O)O)C2O[C@H](c3ccccc3)OC21.CCNC(=O)Nc1ncnc2c1ncn2C1OC(COCc2c(Cl)cccc2C(=O)O)C2O[C@H](c3ccccc3)OC21. The van der Waals surface area contributed by atoms with Gasteiger partial charge in [-0.1, -0.05) is 150 Å². The zero-order chi connectivity index (χ0) is 89.1. The number of carboxylic acid groups (broad SMARTS) is 3. The molecule has 6 aliphatic rings. The highest BCUT2D eigenvalue weighted by Crippen LogP contribution is 2.48. The Bertz CT molecular complexity index is 5790. The van der Waals surface area contributed by atoms with Crippen molar-refractivity contribution in [3.63, 3.8) is 0 Å². The van der Waals surface area contributed by atoms with Crippen LogP contribution in [0.2, 0.25) is 15.1 Å². The first kappa shape index (κ1) is 88.7. The normalized spacial score (nSPS) is 23.0. The summed E-state index contributed by atoms with van der Waals surface area (Å²) >= 11 is 18.9. The number of hydrogen-bond donors (Lipinski definition) is 9. The summed E-state index contributed by atoms with van der Waals surface area (Å²) in [6.07, 6.45) is 3.24. The highest BCUT2D eigenvalue weighted by molar-refractivity contribution is 6.32. The summed E-state index contributed by atoms with van der Waals surface area (Å²) in [7, 11) is 0. The smallest absolute Gasteiger partial charge is 0.336 e. The Balaban J connectivity index is 0.000000141. The first-order valence-corrected chi connectivity index (χ1v) is 41.6. The maximum atomic E-state index is 12.2. The van der Waals surface area contributed by atoms with E-state index in [4.69, 9.17) is 91.6 Å². The van der Waals surface area contributed by atoms with E-state index in [0.717, 1.165) is 16.7 Å². The number of carbonyl (C=O) groups is 6. The van der Waals surface area contributed by atoms with Gasteiger partial charge in [0.2, 0.25) is 0 Å². The molecule has 6 aromatic heterocycles. The number of imidazole rings is 3. The predicted molar refractivity (Wildman–Crippen MR) is 457 cm³/mol. The van der Waals surface area contributed by atoms with Crippen LogP contribution in [0.3, 0.4) is 0 Å². The molecule has 9 N–H and O–H groups in total. The summed E-state index contributed by atoms with van der Waals surface area (Å²) in [5, 5.41) is 45.6. The Kier molecular flexibility index (Phi) is 28.1. The molecule has 0 radical (unpaired) electrons. The third-order valence-corrected chi connectivity index (χ3v) is 22.3. The van der Waals surface area contributed by atoms with Gasteiger partial charge >= 0.3 is 36.0 Å². The second kappa shape index (κ2) is 40.5. The monoisotopic (exact) mass is 1810 g/mol. The van der Waals surface area contributed by atoms with Crippen molar-refractivity contribution in [1.82, 2.24) is 74.5 Å². The van der Waals surface area contributed by atoms with Crippen LogP contribution in [0, 0.1) is 0 Å². The van der Waals surface area contributed by atoms with Gasteiger partial charge in [0.25, 0.3) is 0 Å². The largest absolute Gasteiger partial charge is 0.478 e. The number of carboxylic acids is 3. The lowest BCUT2D eigenvalue weighted by Crippen LogP contribution is -2.32. The van der Waals surface area contributed by atoms with Crippen molar-refractivity contribution in [2.75, 3.05) is 55.4 Å². The number of carbonyl (C=O) groups excluding carboxylic acids is 3. The third-order valence-electron chi connectivity index (χ3n) is 21.2. The Morgan fingerprint density at radius 1 is 0.383 bits per heavy atom. The van der Waals surface area contributed by atoms with E-state index in [1.54, 1.807) is 69.1 Å². The number of halogens is 3. The summed E-state index contributed by atoms with van der Waals surface area (Å²) < 4.78 is 80.3. The van der Waals surface area contributed by atoms with Crippen LogP contribution in [-0.2, 0) is 76.7 Å². The molecule has 6 amide bonds. The van der Waals surface area contributed by atoms with Gasteiger partial charge in [-0.25, -0.2) is 73.6 Å². The number of fused-ring (bicyclic) bond motifs is 6. The van der Waals surface area contributed by atoms with Gasteiger partial charge < -0.3 is 88.1 Å². The van der Waals surface area contributed by atoms with Crippen molar-refractivity contribution in [2.45, 2.75) is 133 Å². The van der Waals surface area contributed by atoms with Crippen LogP contribution in [0.25, 0.3) is 39.6 Å². The first-order chi connectivity index (χ1) is 62.3. The van der Waals surface area contributed by atoms with E-state index in [2.05, 4.69) is 76.8 Å². The Morgan fingerprint density at radius 3 is 1.03 bits per heavy atom.